The summed E-state index contributed by atoms with van der Waals surface area (Å²) in [7, 11) is 0. The van der Waals surface area contributed by atoms with E-state index in [-0.39, 0.29) is 0 Å². The molecule has 1 saturated heterocycles. The van der Waals surface area contributed by atoms with Gasteiger partial charge in [-0.3, -0.25) is 0 Å². The molecule has 100 valence electrons. The summed E-state index contributed by atoms with van der Waals surface area (Å²) in [5, 5.41) is 3.65. The topological polar surface area (TPSA) is 15.3 Å². The lowest BCUT2D eigenvalue weighted by Crippen LogP contribution is -2.56. The molecule has 1 fully saturated rings. The van der Waals surface area contributed by atoms with E-state index in [1.807, 2.05) is 0 Å². The van der Waals surface area contributed by atoms with E-state index in [1.54, 1.807) is 0 Å². The molecule has 0 amide bonds. The van der Waals surface area contributed by atoms with Gasteiger partial charge < -0.3 is 10.2 Å². The summed E-state index contributed by atoms with van der Waals surface area (Å²) in [6, 6.07) is 7.84. The Hall–Kier alpha value is -0.540. The molecule has 1 aromatic carbocycles. The molecule has 1 N–H and O–H groups in total. The fraction of sp³-hybridized carbons (Fsp3) is 0.600. The Morgan fingerprint density at radius 1 is 1.33 bits per heavy atom. The van der Waals surface area contributed by atoms with Crippen molar-refractivity contribution in [2.75, 3.05) is 18.0 Å². The van der Waals surface area contributed by atoms with Gasteiger partial charge in [-0.25, -0.2) is 0 Å². The molecule has 18 heavy (non-hydrogen) atoms. The minimum Gasteiger partial charge on any atom is -0.365 e. The van der Waals surface area contributed by atoms with Crippen LogP contribution in [-0.2, 0) is 0 Å². The first-order valence-corrected chi connectivity index (χ1v) is 7.71. The van der Waals surface area contributed by atoms with Crippen LogP contribution in [-0.4, -0.2) is 25.2 Å². The predicted octanol–water partition coefficient (Wildman–Crippen LogP) is 3.72. The minimum atomic E-state index is 0.603. The van der Waals surface area contributed by atoms with Crippen molar-refractivity contribution < 1.29 is 0 Å². The van der Waals surface area contributed by atoms with Gasteiger partial charge in [0.2, 0.25) is 0 Å². The number of nitrogens with one attached hydrogen (secondary N) is 1. The Kier molecular flexibility index (Phi) is 4.68. The number of piperazine rings is 1. The lowest BCUT2D eigenvalue weighted by atomic mass is 10.0. The third-order valence-electron chi connectivity index (χ3n) is 3.88. The number of rotatable bonds is 3. The van der Waals surface area contributed by atoms with Gasteiger partial charge in [-0.1, -0.05) is 19.9 Å². The number of nitrogens with zero attached hydrogens (tertiary/aromatic N) is 1. The van der Waals surface area contributed by atoms with Gasteiger partial charge >= 0.3 is 0 Å². The highest BCUT2D eigenvalue weighted by Gasteiger charge is 2.27. The molecule has 2 unspecified atom stereocenters. The highest BCUT2D eigenvalue weighted by atomic mass is 79.9. The predicted molar refractivity (Wildman–Crippen MR) is 82.4 cm³/mol. The third-order valence-corrected chi connectivity index (χ3v) is 4.55. The molecular weight excluding hydrogens is 288 g/mol. The van der Waals surface area contributed by atoms with Gasteiger partial charge in [0.15, 0.2) is 0 Å². The van der Waals surface area contributed by atoms with E-state index in [4.69, 9.17) is 0 Å². The highest BCUT2D eigenvalue weighted by molar-refractivity contribution is 9.10. The molecule has 0 saturated carbocycles. The van der Waals surface area contributed by atoms with Crippen molar-refractivity contribution in [1.82, 2.24) is 5.32 Å². The molecule has 1 aliphatic heterocycles. The van der Waals surface area contributed by atoms with Crippen LogP contribution >= 0.6 is 15.9 Å². The van der Waals surface area contributed by atoms with Crippen LogP contribution in [0.1, 0.15) is 32.3 Å². The van der Waals surface area contributed by atoms with Crippen molar-refractivity contribution in [2.45, 2.75) is 45.7 Å². The molecule has 0 aromatic heterocycles. The number of benzene rings is 1. The van der Waals surface area contributed by atoms with Crippen LogP contribution in [0.25, 0.3) is 0 Å². The molecule has 0 aliphatic carbocycles. The molecule has 1 aromatic rings. The lowest BCUT2D eigenvalue weighted by molar-refractivity contribution is 0.378. The molecule has 0 radical (unpaired) electrons. The maximum Gasteiger partial charge on any atom is 0.0516 e. The molecule has 0 spiro atoms. The van der Waals surface area contributed by atoms with Crippen LogP contribution in [0.3, 0.4) is 0 Å². The first-order valence-electron chi connectivity index (χ1n) is 6.91. The summed E-state index contributed by atoms with van der Waals surface area (Å²) >= 11 is 3.70. The van der Waals surface area contributed by atoms with Crippen molar-refractivity contribution in [3.63, 3.8) is 0 Å². The fourth-order valence-corrected chi connectivity index (χ4v) is 3.11. The maximum absolute atomic E-state index is 3.70. The van der Waals surface area contributed by atoms with Gasteiger partial charge in [0.25, 0.3) is 0 Å². The van der Waals surface area contributed by atoms with Crippen molar-refractivity contribution in [1.29, 1.82) is 0 Å². The normalized spacial score (nSPS) is 24.3. The van der Waals surface area contributed by atoms with E-state index in [0.717, 1.165) is 13.1 Å². The standard InChI is InChI=1S/C15H23BrN2/c1-4-12-10-18(13(5-2)9-17-12)15-8-11(3)6-7-14(15)16/h6-8,12-13,17H,4-5,9-10H2,1-3H3. The number of hydrogen-bond donors (Lipinski definition) is 1. The largest absolute Gasteiger partial charge is 0.365 e. The smallest absolute Gasteiger partial charge is 0.0516 e. The van der Waals surface area contributed by atoms with E-state index < -0.39 is 0 Å². The van der Waals surface area contributed by atoms with Crippen LogP contribution in [0.2, 0.25) is 0 Å². The van der Waals surface area contributed by atoms with Crippen molar-refractivity contribution in [3.8, 4) is 0 Å². The van der Waals surface area contributed by atoms with Crippen molar-refractivity contribution in [2.24, 2.45) is 0 Å². The zero-order valence-electron chi connectivity index (χ0n) is 11.5. The van der Waals surface area contributed by atoms with E-state index >= 15 is 0 Å². The average molecular weight is 311 g/mol. The monoisotopic (exact) mass is 310 g/mol. The fourth-order valence-electron chi connectivity index (χ4n) is 2.64. The third kappa shape index (κ3) is 2.89. The number of aryl methyl sites for hydroxylation is 1. The highest BCUT2D eigenvalue weighted by Crippen LogP contribution is 2.31. The van der Waals surface area contributed by atoms with E-state index in [0.29, 0.717) is 12.1 Å². The second kappa shape index (κ2) is 6.07. The second-order valence-corrected chi connectivity index (χ2v) is 6.04. The van der Waals surface area contributed by atoms with Crippen molar-refractivity contribution >= 4 is 21.6 Å². The first-order chi connectivity index (χ1) is 8.65. The Bertz CT molecular complexity index is 405. The summed E-state index contributed by atoms with van der Waals surface area (Å²) in [5.41, 5.74) is 2.68. The molecule has 2 rings (SSSR count). The SMILES string of the molecule is CCC1CN(c2cc(C)ccc2Br)C(CC)CN1. The average Bonchev–Trinajstić information content (AvgIpc) is 2.40. The van der Waals surface area contributed by atoms with E-state index in [1.165, 1.54) is 28.6 Å². The van der Waals surface area contributed by atoms with E-state index in [9.17, 15) is 0 Å². The quantitative estimate of drug-likeness (QED) is 0.915. The Morgan fingerprint density at radius 3 is 2.78 bits per heavy atom. The molecule has 3 heteroatoms. The summed E-state index contributed by atoms with van der Waals surface area (Å²) < 4.78 is 1.21. The van der Waals surface area contributed by atoms with E-state index in [2.05, 4.69) is 65.1 Å². The molecule has 2 atom stereocenters. The molecule has 1 heterocycles. The number of halogens is 1. The Labute approximate surface area is 119 Å². The summed E-state index contributed by atoms with van der Waals surface area (Å²) in [4.78, 5) is 2.57. The Balaban J connectivity index is 2.29. The first kappa shape index (κ1) is 13.9. The lowest BCUT2D eigenvalue weighted by Gasteiger charge is -2.42. The zero-order chi connectivity index (χ0) is 13.1. The molecule has 1 aliphatic rings. The summed E-state index contributed by atoms with van der Waals surface area (Å²) in [6.45, 7) is 8.89. The number of hydrogen-bond acceptors (Lipinski definition) is 2. The van der Waals surface area contributed by atoms with Gasteiger partial charge in [-0.05, 0) is 53.4 Å². The van der Waals surface area contributed by atoms with Crippen LogP contribution in [0, 0.1) is 6.92 Å². The van der Waals surface area contributed by atoms with Gasteiger partial charge in [0, 0.05) is 29.6 Å². The summed E-state index contributed by atoms with van der Waals surface area (Å²) in [5.74, 6) is 0. The van der Waals surface area contributed by atoms with Gasteiger partial charge in [0.05, 0.1) is 5.69 Å². The Morgan fingerprint density at radius 2 is 2.11 bits per heavy atom. The summed E-state index contributed by atoms with van der Waals surface area (Å²) in [6.07, 6.45) is 2.38. The van der Waals surface area contributed by atoms with Crippen LogP contribution in [0.5, 0.6) is 0 Å². The molecular formula is C15H23BrN2. The zero-order valence-corrected chi connectivity index (χ0v) is 13.1. The van der Waals surface area contributed by atoms with Crippen molar-refractivity contribution in [3.05, 3.63) is 28.2 Å². The van der Waals surface area contributed by atoms with Crippen LogP contribution in [0.15, 0.2) is 22.7 Å². The van der Waals surface area contributed by atoms with Gasteiger partial charge in [-0.15, -0.1) is 0 Å². The second-order valence-electron chi connectivity index (χ2n) is 5.18. The minimum absolute atomic E-state index is 0.603. The van der Waals surface area contributed by atoms with Gasteiger partial charge in [-0.2, -0.15) is 0 Å². The molecule has 2 nitrogen and oxygen atoms in total. The van der Waals surface area contributed by atoms with Crippen LogP contribution < -0.4 is 10.2 Å². The maximum atomic E-state index is 3.70. The molecule has 0 bridgehead atoms. The number of anilines is 1. The van der Waals surface area contributed by atoms with Gasteiger partial charge in [0.1, 0.15) is 0 Å². The van der Waals surface area contributed by atoms with Crippen LogP contribution in [0.4, 0.5) is 5.69 Å².